The predicted molar refractivity (Wildman–Crippen MR) is 91.3 cm³/mol. The average Bonchev–Trinajstić information content (AvgIpc) is 3.25. The second-order valence-corrected chi connectivity index (χ2v) is 5.51. The van der Waals surface area contributed by atoms with Gasteiger partial charge in [0.05, 0.1) is 13.4 Å². The van der Waals surface area contributed by atoms with E-state index in [9.17, 15) is 0 Å². The minimum Gasteiger partial charge on any atom is -0.495 e. The first kappa shape index (κ1) is 15.2. The van der Waals surface area contributed by atoms with Gasteiger partial charge in [0, 0.05) is 25.5 Å². The summed E-state index contributed by atoms with van der Waals surface area (Å²) in [5.74, 6) is 1.86. The number of aromatic nitrogens is 4. The molecule has 0 unspecified atom stereocenters. The van der Waals surface area contributed by atoms with Gasteiger partial charge in [-0.05, 0) is 24.3 Å². The second kappa shape index (κ2) is 6.27. The number of rotatable bonds is 5. The van der Waals surface area contributed by atoms with Gasteiger partial charge in [0.1, 0.15) is 35.0 Å². The molecular weight excluding hydrogens is 320 g/mol. The summed E-state index contributed by atoms with van der Waals surface area (Å²) < 4.78 is 18.7. The molecule has 4 rings (SSSR count). The number of fused-ring (bicyclic) bond motifs is 1. The molecule has 1 aromatic carbocycles. The van der Waals surface area contributed by atoms with Crippen molar-refractivity contribution in [2.24, 2.45) is 7.05 Å². The van der Waals surface area contributed by atoms with Crippen molar-refractivity contribution in [1.29, 1.82) is 0 Å². The maximum absolute atomic E-state index is 5.82. The SMILES string of the molecule is COc1cccnc1COc1ccc2oc(-c3cn(C)cn3)nc2c1. The van der Waals surface area contributed by atoms with E-state index in [1.807, 2.05) is 48.1 Å². The lowest BCUT2D eigenvalue weighted by atomic mass is 10.3. The molecule has 0 fully saturated rings. The highest BCUT2D eigenvalue weighted by Gasteiger charge is 2.12. The number of ether oxygens (including phenoxy) is 2. The molecule has 25 heavy (non-hydrogen) atoms. The van der Waals surface area contributed by atoms with Gasteiger partial charge in [-0.2, -0.15) is 0 Å². The molecule has 126 valence electrons. The number of aryl methyl sites for hydroxylation is 1. The fourth-order valence-corrected chi connectivity index (χ4v) is 2.50. The Bertz CT molecular complexity index is 1020. The first-order valence-electron chi connectivity index (χ1n) is 7.72. The lowest BCUT2D eigenvalue weighted by Gasteiger charge is -2.08. The summed E-state index contributed by atoms with van der Waals surface area (Å²) in [6.45, 7) is 0.306. The molecule has 0 aliphatic heterocycles. The van der Waals surface area contributed by atoms with Crippen LogP contribution in [0.15, 0.2) is 53.5 Å². The van der Waals surface area contributed by atoms with Gasteiger partial charge < -0.3 is 18.5 Å². The number of pyridine rings is 1. The van der Waals surface area contributed by atoms with Crippen LogP contribution in [0.4, 0.5) is 0 Å². The lowest BCUT2D eigenvalue weighted by Crippen LogP contribution is -2.01. The van der Waals surface area contributed by atoms with Crippen molar-refractivity contribution in [2.45, 2.75) is 6.61 Å². The Morgan fingerprint density at radius 2 is 2.12 bits per heavy atom. The summed E-state index contributed by atoms with van der Waals surface area (Å²) in [5, 5.41) is 0. The Hall–Kier alpha value is -3.35. The van der Waals surface area contributed by atoms with E-state index in [4.69, 9.17) is 13.9 Å². The van der Waals surface area contributed by atoms with Crippen molar-refractivity contribution in [3.05, 3.63) is 54.7 Å². The molecule has 3 aromatic heterocycles. The van der Waals surface area contributed by atoms with E-state index >= 15 is 0 Å². The summed E-state index contributed by atoms with van der Waals surface area (Å²) in [7, 11) is 3.51. The van der Waals surface area contributed by atoms with Gasteiger partial charge >= 0.3 is 0 Å². The van der Waals surface area contributed by atoms with Crippen molar-refractivity contribution in [2.75, 3.05) is 7.11 Å². The number of methoxy groups -OCH3 is 1. The number of oxazole rings is 1. The fourth-order valence-electron chi connectivity index (χ4n) is 2.50. The average molecular weight is 336 g/mol. The molecule has 0 N–H and O–H groups in total. The van der Waals surface area contributed by atoms with Crippen molar-refractivity contribution < 1.29 is 13.9 Å². The molecule has 4 aromatic rings. The Kier molecular flexibility index (Phi) is 3.81. The molecule has 3 heterocycles. The molecule has 0 spiro atoms. The van der Waals surface area contributed by atoms with Crippen LogP contribution in [0.3, 0.4) is 0 Å². The third-order valence-electron chi connectivity index (χ3n) is 3.73. The number of benzene rings is 1. The van der Waals surface area contributed by atoms with Crippen molar-refractivity contribution >= 4 is 11.1 Å². The molecule has 0 atom stereocenters. The van der Waals surface area contributed by atoms with E-state index in [2.05, 4.69) is 15.0 Å². The molecule has 0 saturated carbocycles. The van der Waals surface area contributed by atoms with Crippen molar-refractivity contribution in [3.63, 3.8) is 0 Å². The first-order valence-corrected chi connectivity index (χ1v) is 7.72. The van der Waals surface area contributed by atoms with Gasteiger partial charge in [0.15, 0.2) is 5.58 Å². The molecule has 7 nitrogen and oxygen atoms in total. The van der Waals surface area contributed by atoms with Gasteiger partial charge in [-0.3, -0.25) is 4.98 Å². The molecule has 0 radical (unpaired) electrons. The largest absolute Gasteiger partial charge is 0.495 e. The Morgan fingerprint density at radius 1 is 1.20 bits per heavy atom. The fraction of sp³-hybridized carbons (Fsp3) is 0.167. The van der Waals surface area contributed by atoms with Crippen LogP contribution in [-0.4, -0.2) is 26.6 Å². The summed E-state index contributed by atoms with van der Waals surface area (Å²) >= 11 is 0. The highest BCUT2D eigenvalue weighted by atomic mass is 16.5. The number of hydrogen-bond acceptors (Lipinski definition) is 6. The number of nitrogens with zero attached hydrogens (tertiary/aromatic N) is 4. The minimum atomic E-state index is 0.306. The van der Waals surface area contributed by atoms with Crippen LogP contribution in [0.25, 0.3) is 22.7 Å². The summed E-state index contributed by atoms with van der Waals surface area (Å²) in [4.78, 5) is 13.0. The maximum atomic E-state index is 5.82. The van der Waals surface area contributed by atoms with E-state index in [-0.39, 0.29) is 0 Å². The van der Waals surface area contributed by atoms with E-state index in [0.717, 1.165) is 5.69 Å². The van der Waals surface area contributed by atoms with Gasteiger partial charge in [0.2, 0.25) is 5.89 Å². The maximum Gasteiger partial charge on any atom is 0.247 e. The Morgan fingerprint density at radius 3 is 2.92 bits per heavy atom. The summed E-state index contributed by atoms with van der Waals surface area (Å²) in [6, 6.07) is 9.18. The number of hydrogen-bond donors (Lipinski definition) is 0. The topological polar surface area (TPSA) is 75.2 Å². The van der Waals surface area contributed by atoms with Crippen LogP contribution >= 0.6 is 0 Å². The Labute approximate surface area is 143 Å². The van der Waals surface area contributed by atoms with E-state index in [1.54, 1.807) is 19.6 Å². The van der Waals surface area contributed by atoms with Crippen molar-refractivity contribution in [1.82, 2.24) is 19.5 Å². The lowest BCUT2D eigenvalue weighted by molar-refractivity contribution is 0.291. The molecule has 0 aliphatic carbocycles. The molecular formula is C18H16N4O3. The van der Waals surface area contributed by atoms with E-state index in [0.29, 0.717) is 40.8 Å². The molecule has 0 saturated heterocycles. The normalized spacial score (nSPS) is 11.0. The third-order valence-corrected chi connectivity index (χ3v) is 3.73. The molecule has 0 amide bonds. The monoisotopic (exact) mass is 336 g/mol. The number of imidazole rings is 1. The molecule has 0 aliphatic rings. The zero-order valence-electron chi connectivity index (χ0n) is 13.8. The van der Waals surface area contributed by atoms with Gasteiger partial charge in [0.25, 0.3) is 0 Å². The van der Waals surface area contributed by atoms with Crippen LogP contribution in [0.5, 0.6) is 11.5 Å². The summed E-state index contributed by atoms with van der Waals surface area (Å²) in [5.41, 5.74) is 2.83. The van der Waals surface area contributed by atoms with E-state index < -0.39 is 0 Å². The van der Waals surface area contributed by atoms with Crippen molar-refractivity contribution in [3.8, 4) is 23.1 Å². The first-order chi connectivity index (χ1) is 12.2. The minimum absolute atomic E-state index is 0.306. The van der Waals surface area contributed by atoms with Gasteiger partial charge in [-0.15, -0.1) is 0 Å². The standard InChI is InChI=1S/C18H16N4O3/c1-22-9-14(20-11-22)18-21-13-8-12(5-6-17(13)25-18)24-10-15-16(23-2)4-3-7-19-15/h3-9,11H,10H2,1-2H3. The van der Waals surface area contributed by atoms with Gasteiger partial charge in [-0.1, -0.05) is 0 Å². The van der Waals surface area contributed by atoms with Crippen LogP contribution in [0.2, 0.25) is 0 Å². The van der Waals surface area contributed by atoms with Crippen LogP contribution < -0.4 is 9.47 Å². The smallest absolute Gasteiger partial charge is 0.247 e. The third kappa shape index (κ3) is 3.03. The zero-order chi connectivity index (χ0) is 17.2. The summed E-state index contributed by atoms with van der Waals surface area (Å²) in [6.07, 6.45) is 5.27. The van der Waals surface area contributed by atoms with Crippen LogP contribution in [-0.2, 0) is 13.7 Å². The molecule has 0 bridgehead atoms. The second-order valence-electron chi connectivity index (χ2n) is 5.51. The quantitative estimate of drug-likeness (QED) is 0.557. The van der Waals surface area contributed by atoms with Crippen LogP contribution in [0.1, 0.15) is 5.69 Å². The predicted octanol–water partition coefficient (Wildman–Crippen LogP) is 3.21. The zero-order valence-corrected chi connectivity index (χ0v) is 13.8. The van der Waals surface area contributed by atoms with E-state index in [1.165, 1.54) is 0 Å². The Balaban J connectivity index is 1.57. The van der Waals surface area contributed by atoms with Gasteiger partial charge in [-0.25, -0.2) is 9.97 Å². The molecule has 7 heteroatoms. The highest BCUT2D eigenvalue weighted by molar-refractivity contribution is 5.77. The van der Waals surface area contributed by atoms with Crippen LogP contribution in [0, 0.1) is 0 Å². The highest BCUT2D eigenvalue weighted by Crippen LogP contribution is 2.27.